The molecule has 0 aromatic carbocycles. The number of carbonyl (C=O) groups excluding carboxylic acids is 1. The van der Waals surface area contributed by atoms with Crippen molar-refractivity contribution in [3.63, 3.8) is 0 Å². The molecular formula is C20H28Cl2N4O2S. The van der Waals surface area contributed by atoms with Gasteiger partial charge in [0.2, 0.25) is 0 Å². The van der Waals surface area contributed by atoms with E-state index in [4.69, 9.17) is 4.74 Å². The van der Waals surface area contributed by atoms with E-state index in [2.05, 4.69) is 21.4 Å². The van der Waals surface area contributed by atoms with Crippen LogP contribution in [0, 0.1) is 0 Å². The fourth-order valence-corrected chi connectivity index (χ4v) is 6.01. The molecule has 29 heavy (non-hydrogen) atoms. The minimum Gasteiger partial charge on any atom is -0.370 e. The number of likely N-dealkylation sites (tertiary alicyclic amines) is 1. The van der Waals surface area contributed by atoms with Gasteiger partial charge in [-0.15, -0.1) is 36.2 Å². The summed E-state index contributed by atoms with van der Waals surface area (Å²) in [4.78, 5) is 25.1. The molecule has 3 aliphatic heterocycles. The summed E-state index contributed by atoms with van der Waals surface area (Å²) in [7, 11) is 0. The molecule has 3 aliphatic rings. The van der Waals surface area contributed by atoms with Crippen LogP contribution in [-0.4, -0.2) is 53.6 Å². The quantitative estimate of drug-likeness (QED) is 0.722. The summed E-state index contributed by atoms with van der Waals surface area (Å²) in [6.07, 6.45) is 8.69. The minimum atomic E-state index is -0.174. The maximum atomic E-state index is 13.3. The Morgan fingerprint density at radius 1 is 1.31 bits per heavy atom. The van der Waals surface area contributed by atoms with E-state index in [1.165, 1.54) is 10.4 Å². The molecule has 5 heterocycles. The van der Waals surface area contributed by atoms with Gasteiger partial charge in [0.1, 0.15) is 5.82 Å². The zero-order chi connectivity index (χ0) is 18.3. The number of thiophene rings is 1. The number of halogens is 2. The number of carbonyl (C=O) groups is 1. The van der Waals surface area contributed by atoms with E-state index >= 15 is 0 Å². The number of aromatic amines is 1. The van der Waals surface area contributed by atoms with Crippen LogP contribution in [0.5, 0.6) is 0 Å². The Labute approximate surface area is 187 Å². The Morgan fingerprint density at radius 2 is 2.14 bits per heavy atom. The normalized spacial score (nSPS) is 23.0. The lowest BCUT2D eigenvalue weighted by Crippen LogP contribution is -2.44. The first-order chi connectivity index (χ1) is 13.3. The van der Waals surface area contributed by atoms with Crippen molar-refractivity contribution in [2.24, 2.45) is 0 Å². The summed E-state index contributed by atoms with van der Waals surface area (Å²) in [5, 5.41) is 3.43. The van der Waals surface area contributed by atoms with Gasteiger partial charge >= 0.3 is 0 Å². The number of aromatic nitrogens is 2. The highest BCUT2D eigenvalue weighted by Crippen LogP contribution is 2.43. The van der Waals surface area contributed by atoms with Crippen LogP contribution in [0.2, 0.25) is 0 Å². The average molecular weight is 459 g/mol. The smallest absolute Gasteiger partial charge is 0.263 e. The maximum Gasteiger partial charge on any atom is 0.263 e. The molecule has 2 aromatic heterocycles. The van der Waals surface area contributed by atoms with E-state index in [0.717, 1.165) is 75.6 Å². The SMILES string of the molecule is Cl.Cl.O=C(c1cc2c(s1)CCOC21CCNCC1)N1CCCC(c2ncc[nH]2)C1. The highest BCUT2D eigenvalue weighted by atomic mass is 35.5. The predicted octanol–water partition coefficient (Wildman–Crippen LogP) is 3.49. The number of hydrogen-bond donors (Lipinski definition) is 2. The maximum absolute atomic E-state index is 13.3. The largest absolute Gasteiger partial charge is 0.370 e. The standard InChI is InChI=1S/C20H26N4O2S.2ClH/c25-19(24-10-1-2-14(13-24)18-22-8-9-23-18)17-12-15-16(27-17)3-11-26-20(15)4-6-21-7-5-20;;/h8-9,12,14,21H,1-7,10-11,13H2,(H,22,23);2*1H. The van der Waals surface area contributed by atoms with Crippen LogP contribution in [0.15, 0.2) is 18.5 Å². The summed E-state index contributed by atoms with van der Waals surface area (Å²) in [5.74, 6) is 1.49. The van der Waals surface area contributed by atoms with Crippen molar-refractivity contribution in [1.29, 1.82) is 0 Å². The van der Waals surface area contributed by atoms with E-state index in [1.54, 1.807) is 17.5 Å². The van der Waals surface area contributed by atoms with E-state index in [0.29, 0.717) is 5.92 Å². The van der Waals surface area contributed by atoms with Crippen LogP contribution in [0.4, 0.5) is 0 Å². The van der Waals surface area contributed by atoms with Crippen LogP contribution < -0.4 is 5.32 Å². The van der Waals surface area contributed by atoms with Gasteiger partial charge in [0.05, 0.1) is 17.1 Å². The van der Waals surface area contributed by atoms with Gasteiger partial charge in [-0.05, 0) is 50.4 Å². The Kier molecular flexibility index (Phi) is 7.27. The molecule has 5 rings (SSSR count). The lowest BCUT2D eigenvalue weighted by atomic mass is 9.83. The molecule has 6 nitrogen and oxygen atoms in total. The number of hydrogen-bond acceptors (Lipinski definition) is 5. The number of fused-ring (bicyclic) bond motifs is 2. The Hall–Kier alpha value is -1.12. The molecule has 2 N–H and O–H groups in total. The van der Waals surface area contributed by atoms with Crippen molar-refractivity contribution in [3.05, 3.63) is 39.6 Å². The summed E-state index contributed by atoms with van der Waals surface area (Å²) in [5.41, 5.74) is 1.11. The fourth-order valence-electron chi connectivity index (χ4n) is 4.81. The van der Waals surface area contributed by atoms with Crippen molar-refractivity contribution < 1.29 is 9.53 Å². The summed E-state index contributed by atoms with van der Waals surface area (Å²) in [6.45, 7) is 4.32. The fraction of sp³-hybridized carbons (Fsp3) is 0.600. The number of ether oxygens (including phenoxy) is 1. The van der Waals surface area contributed by atoms with E-state index in [1.807, 2.05) is 11.1 Å². The minimum absolute atomic E-state index is 0. The van der Waals surface area contributed by atoms with Crippen LogP contribution in [-0.2, 0) is 16.8 Å². The first-order valence-electron chi connectivity index (χ1n) is 10.0. The van der Waals surface area contributed by atoms with Gasteiger partial charge in [-0.1, -0.05) is 0 Å². The molecule has 160 valence electrons. The number of nitrogens with one attached hydrogen (secondary N) is 2. The molecule has 1 spiro atoms. The third-order valence-corrected chi connectivity index (χ3v) is 7.43. The summed E-state index contributed by atoms with van der Waals surface area (Å²) in [6, 6.07) is 2.14. The van der Waals surface area contributed by atoms with Crippen molar-refractivity contribution in [1.82, 2.24) is 20.2 Å². The number of amides is 1. The van der Waals surface area contributed by atoms with Gasteiger partial charge in [-0.3, -0.25) is 4.79 Å². The molecule has 0 saturated carbocycles. The van der Waals surface area contributed by atoms with Crippen LogP contribution in [0.3, 0.4) is 0 Å². The van der Waals surface area contributed by atoms with Gasteiger partial charge in [0, 0.05) is 42.7 Å². The highest BCUT2D eigenvalue weighted by Gasteiger charge is 2.41. The van der Waals surface area contributed by atoms with Gasteiger partial charge in [0.15, 0.2) is 0 Å². The van der Waals surface area contributed by atoms with Gasteiger partial charge in [-0.25, -0.2) is 4.98 Å². The number of imidazole rings is 1. The topological polar surface area (TPSA) is 70.2 Å². The first kappa shape index (κ1) is 22.6. The molecule has 0 aliphatic carbocycles. The second-order valence-electron chi connectivity index (χ2n) is 7.85. The van der Waals surface area contributed by atoms with E-state index in [-0.39, 0.29) is 36.3 Å². The van der Waals surface area contributed by atoms with E-state index < -0.39 is 0 Å². The first-order valence-corrected chi connectivity index (χ1v) is 10.8. The lowest BCUT2D eigenvalue weighted by Gasteiger charge is -2.40. The molecule has 1 atom stereocenters. The van der Waals surface area contributed by atoms with Gasteiger partial charge < -0.3 is 19.9 Å². The zero-order valence-electron chi connectivity index (χ0n) is 16.3. The van der Waals surface area contributed by atoms with Crippen molar-refractivity contribution >= 4 is 42.1 Å². The zero-order valence-corrected chi connectivity index (χ0v) is 18.8. The molecule has 0 bridgehead atoms. The number of rotatable bonds is 2. The van der Waals surface area contributed by atoms with Crippen LogP contribution >= 0.6 is 36.2 Å². The molecule has 0 radical (unpaired) electrons. The molecule has 2 saturated heterocycles. The van der Waals surface area contributed by atoms with Crippen LogP contribution in [0.1, 0.15) is 57.5 Å². The molecule has 2 fully saturated rings. The Morgan fingerprint density at radius 3 is 2.90 bits per heavy atom. The molecule has 9 heteroatoms. The van der Waals surface area contributed by atoms with Crippen molar-refractivity contribution in [3.8, 4) is 0 Å². The van der Waals surface area contributed by atoms with E-state index in [9.17, 15) is 4.79 Å². The highest BCUT2D eigenvalue weighted by molar-refractivity contribution is 7.14. The predicted molar refractivity (Wildman–Crippen MR) is 119 cm³/mol. The van der Waals surface area contributed by atoms with Crippen molar-refractivity contribution in [2.45, 2.75) is 43.6 Å². The number of H-pyrrole nitrogens is 1. The lowest BCUT2D eigenvalue weighted by molar-refractivity contribution is -0.0792. The second-order valence-corrected chi connectivity index (χ2v) is 8.99. The average Bonchev–Trinajstić information content (AvgIpc) is 3.39. The summed E-state index contributed by atoms with van der Waals surface area (Å²) >= 11 is 1.69. The molecule has 1 amide bonds. The monoisotopic (exact) mass is 458 g/mol. The second kappa shape index (κ2) is 9.35. The third kappa shape index (κ3) is 4.21. The Bertz CT molecular complexity index is 821. The summed E-state index contributed by atoms with van der Waals surface area (Å²) < 4.78 is 6.27. The number of piperidine rings is 2. The molecule has 1 unspecified atom stereocenters. The van der Waals surface area contributed by atoms with Crippen LogP contribution in [0.25, 0.3) is 0 Å². The van der Waals surface area contributed by atoms with Crippen molar-refractivity contribution in [2.75, 3.05) is 32.8 Å². The number of nitrogens with zero attached hydrogens (tertiary/aromatic N) is 2. The Balaban J connectivity index is 0.00000120. The molecule has 2 aromatic rings. The van der Waals surface area contributed by atoms with Gasteiger partial charge in [-0.2, -0.15) is 0 Å². The van der Waals surface area contributed by atoms with Gasteiger partial charge in [0.25, 0.3) is 5.91 Å². The molecular weight excluding hydrogens is 431 g/mol. The third-order valence-electron chi connectivity index (χ3n) is 6.24.